The number of aliphatic hydroxyl groups is 1. The molecule has 20 heavy (non-hydrogen) atoms. The topological polar surface area (TPSA) is 125 Å². The normalized spacial score (nSPS) is 13.3. The van der Waals surface area contributed by atoms with E-state index >= 15 is 0 Å². The Hall–Kier alpha value is -1.96. The molecule has 0 radical (unpaired) electrons. The van der Waals surface area contributed by atoms with Crippen LogP contribution in [0.2, 0.25) is 0 Å². The summed E-state index contributed by atoms with van der Waals surface area (Å²) in [5.41, 5.74) is 11.4. The molecule has 0 aromatic heterocycles. The quantitative estimate of drug-likeness (QED) is 0.491. The predicted molar refractivity (Wildman–Crippen MR) is 70.4 cm³/mol. The zero-order valence-electron chi connectivity index (χ0n) is 10.9. The molecule has 1 aromatic rings. The molecule has 5 N–H and O–H groups in total. The maximum Gasteiger partial charge on any atom is 0.516 e. The van der Waals surface area contributed by atoms with Gasteiger partial charge >= 0.3 is 12.1 Å². The molecule has 0 saturated carbocycles. The van der Waals surface area contributed by atoms with Crippen molar-refractivity contribution in [1.82, 2.24) is 0 Å². The number of benzene rings is 1. The van der Waals surface area contributed by atoms with Crippen LogP contribution in [-0.2, 0) is 20.9 Å². The molecule has 7 nitrogen and oxygen atoms in total. The predicted octanol–water partition coefficient (Wildman–Crippen LogP) is -0.0966. The molecule has 0 aliphatic heterocycles. The van der Waals surface area contributed by atoms with Gasteiger partial charge in [-0.25, -0.2) is 9.59 Å². The van der Waals surface area contributed by atoms with Crippen molar-refractivity contribution >= 4 is 12.1 Å². The lowest BCUT2D eigenvalue weighted by Crippen LogP contribution is -2.38. The van der Waals surface area contributed by atoms with Crippen LogP contribution in [0.4, 0.5) is 4.79 Å². The van der Waals surface area contributed by atoms with E-state index in [2.05, 4.69) is 4.74 Å². The van der Waals surface area contributed by atoms with Gasteiger partial charge in [0.2, 0.25) is 0 Å². The number of carbonyl (C=O) groups is 2. The fraction of sp³-hybridized carbons (Fsp3) is 0.385. The third-order valence-electron chi connectivity index (χ3n) is 2.48. The van der Waals surface area contributed by atoms with Gasteiger partial charge in [0.25, 0.3) is 0 Å². The van der Waals surface area contributed by atoms with Gasteiger partial charge in [0, 0.05) is 13.0 Å². The Kier molecular flexibility index (Phi) is 6.65. The summed E-state index contributed by atoms with van der Waals surface area (Å²) < 4.78 is 9.16. The first-order valence-corrected chi connectivity index (χ1v) is 6.09. The first-order valence-electron chi connectivity index (χ1n) is 6.09. The molecule has 0 aliphatic carbocycles. The highest BCUT2D eigenvalue weighted by Gasteiger charge is 2.22. The van der Waals surface area contributed by atoms with Crippen molar-refractivity contribution in [2.75, 3.05) is 6.54 Å². The lowest BCUT2D eigenvalue weighted by molar-refractivity contribution is -0.142. The summed E-state index contributed by atoms with van der Waals surface area (Å²) >= 11 is 0. The van der Waals surface area contributed by atoms with Crippen LogP contribution in [0, 0.1) is 0 Å². The fourth-order valence-electron chi connectivity index (χ4n) is 1.39. The highest BCUT2D eigenvalue weighted by Crippen LogP contribution is 2.03. The number of aliphatic hydroxyl groups excluding tert-OH is 1. The maximum absolute atomic E-state index is 11.4. The SMILES string of the molecule is NCC(O)C[C@H](N)C(=O)OC(=O)OCc1ccccc1. The second-order valence-corrected chi connectivity index (χ2v) is 4.18. The number of ether oxygens (including phenoxy) is 2. The Bertz CT molecular complexity index is 438. The Morgan fingerprint density at radius 1 is 1.25 bits per heavy atom. The van der Waals surface area contributed by atoms with Crippen LogP contribution in [0.3, 0.4) is 0 Å². The van der Waals surface area contributed by atoms with E-state index in [1.165, 1.54) is 0 Å². The van der Waals surface area contributed by atoms with Crippen LogP contribution in [-0.4, -0.2) is 35.9 Å². The average molecular weight is 282 g/mol. The van der Waals surface area contributed by atoms with Gasteiger partial charge in [0.15, 0.2) is 0 Å². The zero-order chi connectivity index (χ0) is 15.0. The third-order valence-corrected chi connectivity index (χ3v) is 2.48. The molecule has 110 valence electrons. The van der Waals surface area contributed by atoms with Crippen molar-refractivity contribution in [3.63, 3.8) is 0 Å². The molecule has 2 atom stereocenters. The lowest BCUT2D eigenvalue weighted by atomic mass is 10.1. The molecule has 0 spiro atoms. The van der Waals surface area contributed by atoms with Crippen LogP contribution < -0.4 is 11.5 Å². The van der Waals surface area contributed by atoms with Crippen molar-refractivity contribution < 1.29 is 24.2 Å². The molecule has 0 heterocycles. The average Bonchev–Trinajstić information content (AvgIpc) is 2.45. The second kappa shape index (κ2) is 8.26. The van der Waals surface area contributed by atoms with Gasteiger partial charge in [-0.05, 0) is 5.56 Å². The standard InChI is InChI=1S/C13H18N2O5/c14-7-10(16)6-11(15)12(17)20-13(18)19-8-9-4-2-1-3-5-9/h1-5,10-11,16H,6-8,14-15H2/t10?,11-/m0/s1. The summed E-state index contributed by atoms with van der Waals surface area (Å²) in [4.78, 5) is 22.7. The van der Waals surface area contributed by atoms with Gasteiger partial charge in [-0.3, -0.25) is 0 Å². The van der Waals surface area contributed by atoms with Gasteiger partial charge in [0.05, 0.1) is 6.10 Å². The number of hydrogen-bond donors (Lipinski definition) is 3. The maximum atomic E-state index is 11.4. The molecule has 7 heteroatoms. The van der Waals surface area contributed by atoms with Crippen LogP contribution in [0.25, 0.3) is 0 Å². The van der Waals surface area contributed by atoms with Crippen LogP contribution in [0.5, 0.6) is 0 Å². The fourth-order valence-corrected chi connectivity index (χ4v) is 1.39. The van der Waals surface area contributed by atoms with Gasteiger partial charge in [-0.2, -0.15) is 0 Å². The molecular weight excluding hydrogens is 264 g/mol. The van der Waals surface area contributed by atoms with Crippen molar-refractivity contribution in [2.45, 2.75) is 25.2 Å². The molecule has 1 rings (SSSR count). The van der Waals surface area contributed by atoms with Crippen molar-refractivity contribution in [3.05, 3.63) is 35.9 Å². The minimum atomic E-state index is -1.13. The molecule has 1 aromatic carbocycles. The summed E-state index contributed by atoms with van der Waals surface area (Å²) in [6.45, 7) is -0.0347. The number of rotatable bonds is 6. The van der Waals surface area contributed by atoms with Crippen molar-refractivity contribution in [3.8, 4) is 0 Å². The van der Waals surface area contributed by atoms with Gasteiger partial charge < -0.3 is 26.0 Å². The van der Waals surface area contributed by atoms with E-state index in [-0.39, 0.29) is 19.6 Å². The molecule has 0 amide bonds. The monoisotopic (exact) mass is 282 g/mol. The third kappa shape index (κ3) is 5.79. The van der Waals surface area contributed by atoms with E-state index in [9.17, 15) is 14.7 Å². The van der Waals surface area contributed by atoms with Crippen molar-refractivity contribution in [1.29, 1.82) is 0 Å². The largest absolute Gasteiger partial charge is 0.516 e. The van der Waals surface area contributed by atoms with Gasteiger partial charge in [-0.15, -0.1) is 0 Å². The zero-order valence-corrected chi connectivity index (χ0v) is 10.9. The summed E-state index contributed by atoms with van der Waals surface area (Å²) in [7, 11) is 0. The summed E-state index contributed by atoms with van der Waals surface area (Å²) in [5, 5.41) is 9.23. The van der Waals surface area contributed by atoms with E-state index in [1.807, 2.05) is 6.07 Å². The van der Waals surface area contributed by atoms with E-state index in [1.54, 1.807) is 24.3 Å². The number of carbonyl (C=O) groups excluding carboxylic acids is 2. The molecule has 0 aliphatic rings. The highest BCUT2D eigenvalue weighted by atomic mass is 16.7. The van der Waals surface area contributed by atoms with Crippen molar-refractivity contribution in [2.24, 2.45) is 11.5 Å². The van der Waals surface area contributed by atoms with E-state index < -0.39 is 24.3 Å². The Labute approximate surface area is 116 Å². The molecule has 1 unspecified atom stereocenters. The summed E-state index contributed by atoms with van der Waals surface area (Å²) in [6.07, 6.45) is -2.13. The lowest BCUT2D eigenvalue weighted by Gasteiger charge is -2.13. The van der Waals surface area contributed by atoms with E-state index in [4.69, 9.17) is 16.2 Å². The van der Waals surface area contributed by atoms with Crippen LogP contribution >= 0.6 is 0 Å². The van der Waals surface area contributed by atoms with Crippen LogP contribution in [0.1, 0.15) is 12.0 Å². The molecule has 0 bridgehead atoms. The summed E-state index contributed by atoms with van der Waals surface area (Å²) in [6, 6.07) is 7.81. The van der Waals surface area contributed by atoms with E-state index in [0.29, 0.717) is 0 Å². The number of esters is 1. The number of nitrogens with two attached hydrogens (primary N) is 2. The summed E-state index contributed by atoms with van der Waals surface area (Å²) in [5.74, 6) is -0.962. The minimum Gasteiger partial charge on any atom is -0.429 e. The van der Waals surface area contributed by atoms with Crippen LogP contribution in [0.15, 0.2) is 30.3 Å². The molecule has 0 saturated heterocycles. The number of hydrogen-bond acceptors (Lipinski definition) is 7. The molecular formula is C13H18N2O5. The second-order valence-electron chi connectivity index (χ2n) is 4.18. The Morgan fingerprint density at radius 3 is 2.50 bits per heavy atom. The van der Waals surface area contributed by atoms with Gasteiger partial charge in [0.1, 0.15) is 12.6 Å². The minimum absolute atomic E-state index is 0.00633. The first-order chi connectivity index (χ1) is 9.52. The molecule has 0 fully saturated rings. The smallest absolute Gasteiger partial charge is 0.429 e. The highest BCUT2D eigenvalue weighted by molar-refractivity contribution is 5.85. The van der Waals surface area contributed by atoms with Gasteiger partial charge in [-0.1, -0.05) is 30.3 Å². The Balaban J connectivity index is 2.33. The van der Waals surface area contributed by atoms with E-state index in [0.717, 1.165) is 5.56 Å². The Morgan fingerprint density at radius 2 is 1.90 bits per heavy atom. The first kappa shape index (κ1) is 16.1.